The smallest absolute Gasteiger partial charge is 0.251 e. The van der Waals surface area contributed by atoms with Crippen molar-refractivity contribution in [2.24, 2.45) is 0 Å². The Balaban J connectivity index is 1.62. The molecular formula is C15H18N2OS. The van der Waals surface area contributed by atoms with Crippen LogP contribution >= 0.6 is 11.8 Å². The first-order valence-electron chi connectivity index (χ1n) is 6.80. The average molecular weight is 274 g/mol. The summed E-state index contributed by atoms with van der Waals surface area (Å²) in [6, 6.07) is 7.76. The highest BCUT2D eigenvalue weighted by molar-refractivity contribution is 7.99. The number of nitrogens with one attached hydrogen (secondary N) is 2. The van der Waals surface area contributed by atoms with E-state index in [1.807, 2.05) is 42.2 Å². The summed E-state index contributed by atoms with van der Waals surface area (Å²) < 4.78 is 0. The number of amides is 1. The van der Waals surface area contributed by atoms with Gasteiger partial charge in [-0.05, 0) is 42.9 Å². The van der Waals surface area contributed by atoms with Crippen LogP contribution in [-0.2, 0) is 0 Å². The summed E-state index contributed by atoms with van der Waals surface area (Å²) >= 11 is 1.98. The standard InChI is InChI=1S/C15H18N2OS/c18-15(17-10-13-3-1-2-8-19-13)12-4-5-14-11(9-12)6-7-16-14/h4-7,9,13,16H,1-3,8,10H2,(H,17,18). The summed E-state index contributed by atoms with van der Waals surface area (Å²) in [5.41, 5.74) is 1.81. The molecule has 0 aliphatic carbocycles. The molecule has 1 unspecified atom stereocenters. The van der Waals surface area contributed by atoms with E-state index in [2.05, 4.69) is 10.3 Å². The Morgan fingerprint density at radius 3 is 3.16 bits per heavy atom. The minimum absolute atomic E-state index is 0.0364. The highest BCUT2D eigenvalue weighted by Crippen LogP contribution is 2.24. The van der Waals surface area contributed by atoms with E-state index in [0.29, 0.717) is 5.25 Å². The third-order valence-corrected chi connectivity index (χ3v) is 4.98. The van der Waals surface area contributed by atoms with Crippen LogP contribution in [0.2, 0.25) is 0 Å². The molecule has 1 aromatic heterocycles. The number of rotatable bonds is 3. The van der Waals surface area contributed by atoms with Crippen LogP contribution in [0.15, 0.2) is 30.5 Å². The molecule has 1 amide bonds. The summed E-state index contributed by atoms with van der Waals surface area (Å²) in [5.74, 6) is 1.27. The van der Waals surface area contributed by atoms with E-state index in [0.717, 1.165) is 23.0 Å². The molecule has 0 bridgehead atoms. The Morgan fingerprint density at radius 2 is 2.32 bits per heavy atom. The number of aromatic nitrogens is 1. The molecule has 1 fully saturated rings. The van der Waals surface area contributed by atoms with Crippen LogP contribution in [0.5, 0.6) is 0 Å². The molecule has 1 saturated heterocycles. The zero-order valence-electron chi connectivity index (χ0n) is 10.8. The fraction of sp³-hybridized carbons (Fsp3) is 0.400. The number of hydrogen-bond donors (Lipinski definition) is 2. The first-order valence-corrected chi connectivity index (χ1v) is 7.85. The summed E-state index contributed by atoms with van der Waals surface area (Å²) in [4.78, 5) is 15.3. The molecule has 0 spiro atoms. The van der Waals surface area contributed by atoms with Gasteiger partial charge in [0.05, 0.1) is 0 Å². The van der Waals surface area contributed by atoms with E-state index in [-0.39, 0.29) is 5.91 Å². The van der Waals surface area contributed by atoms with Gasteiger partial charge < -0.3 is 10.3 Å². The van der Waals surface area contributed by atoms with Crippen LogP contribution in [0.25, 0.3) is 10.9 Å². The van der Waals surface area contributed by atoms with Gasteiger partial charge in [-0.15, -0.1) is 0 Å². The van der Waals surface area contributed by atoms with Crippen LogP contribution in [0.1, 0.15) is 29.6 Å². The van der Waals surface area contributed by atoms with E-state index in [1.54, 1.807) is 0 Å². The lowest BCUT2D eigenvalue weighted by Crippen LogP contribution is -2.31. The average Bonchev–Trinajstić information content (AvgIpc) is 2.93. The first-order chi connectivity index (χ1) is 9.33. The zero-order chi connectivity index (χ0) is 13.1. The number of fused-ring (bicyclic) bond motifs is 1. The highest BCUT2D eigenvalue weighted by atomic mass is 32.2. The minimum Gasteiger partial charge on any atom is -0.361 e. The van der Waals surface area contributed by atoms with E-state index in [4.69, 9.17) is 0 Å². The largest absolute Gasteiger partial charge is 0.361 e. The lowest BCUT2D eigenvalue weighted by Gasteiger charge is -2.21. The van der Waals surface area contributed by atoms with Gasteiger partial charge in [0.1, 0.15) is 0 Å². The van der Waals surface area contributed by atoms with Gasteiger partial charge in [-0.25, -0.2) is 0 Å². The Bertz CT molecular complexity index is 572. The van der Waals surface area contributed by atoms with Crippen LogP contribution < -0.4 is 5.32 Å². The van der Waals surface area contributed by atoms with E-state index in [1.165, 1.54) is 25.0 Å². The molecule has 3 rings (SSSR count). The Kier molecular flexibility index (Phi) is 3.78. The molecule has 4 heteroatoms. The van der Waals surface area contributed by atoms with Crippen molar-refractivity contribution in [1.82, 2.24) is 10.3 Å². The van der Waals surface area contributed by atoms with Crippen LogP contribution in [0.3, 0.4) is 0 Å². The maximum absolute atomic E-state index is 12.1. The molecule has 1 aliphatic rings. The van der Waals surface area contributed by atoms with Gasteiger partial charge in [-0.2, -0.15) is 11.8 Å². The third-order valence-electron chi connectivity index (χ3n) is 3.58. The number of carbonyl (C=O) groups is 1. The number of thioether (sulfide) groups is 1. The summed E-state index contributed by atoms with van der Waals surface area (Å²) in [7, 11) is 0. The molecule has 2 heterocycles. The van der Waals surface area contributed by atoms with Crippen molar-refractivity contribution in [2.75, 3.05) is 12.3 Å². The van der Waals surface area contributed by atoms with E-state index >= 15 is 0 Å². The van der Waals surface area contributed by atoms with Gasteiger partial charge in [-0.1, -0.05) is 6.42 Å². The number of H-pyrrole nitrogens is 1. The van der Waals surface area contributed by atoms with Crippen molar-refractivity contribution in [3.05, 3.63) is 36.0 Å². The summed E-state index contributed by atoms with van der Waals surface area (Å²) in [6.45, 7) is 0.786. The molecule has 100 valence electrons. The molecule has 1 aliphatic heterocycles. The SMILES string of the molecule is O=C(NCC1CCCCS1)c1ccc2[nH]ccc2c1. The molecule has 0 saturated carbocycles. The van der Waals surface area contributed by atoms with E-state index in [9.17, 15) is 4.79 Å². The molecular weight excluding hydrogens is 256 g/mol. The zero-order valence-corrected chi connectivity index (χ0v) is 11.6. The molecule has 1 aromatic carbocycles. The normalized spacial score (nSPS) is 19.5. The Morgan fingerprint density at radius 1 is 1.37 bits per heavy atom. The molecule has 2 N–H and O–H groups in total. The van der Waals surface area contributed by atoms with Gasteiger partial charge >= 0.3 is 0 Å². The van der Waals surface area contributed by atoms with Gasteiger partial charge in [0, 0.05) is 34.5 Å². The molecule has 0 radical (unpaired) electrons. The Labute approximate surface area is 117 Å². The van der Waals surface area contributed by atoms with Crippen molar-refractivity contribution >= 4 is 28.6 Å². The molecule has 2 aromatic rings. The summed E-state index contributed by atoms with van der Waals surface area (Å²) in [6.07, 6.45) is 5.73. The topological polar surface area (TPSA) is 44.9 Å². The Hall–Kier alpha value is -1.42. The lowest BCUT2D eigenvalue weighted by atomic mass is 10.1. The molecule has 3 nitrogen and oxygen atoms in total. The third kappa shape index (κ3) is 2.95. The van der Waals surface area contributed by atoms with E-state index < -0.39 is 0 Å². The predicted molar refractivity (Wildman–Crippen MR) is 80.7 cm³/mol. The van der Waals surface area contributed by atoms with Crippen molar-refractivity contribution < 1.29 is 4.79 Å². The van der Waals surface area contributed by atoms with Crippen molar-refractivity contribution in [1.29, 1.82) is 0 Å². The molecule has 1 atom stereocenters. The van der Waals surface area contributed by atoms with Crippen LogP contribution in [0, 0.1) is 0 Å². The second-order valence-electron chi connectivity index (χ2n) is 4.98. The second kappa shape index (κ2) is 5.70. The molecule has 19 heavy (non-hydrogen) atoms. The number of aromatic amines is 1. The fourth-order valence-corrected chi connectivity index (χ4v) is 3.71. The quantitative estimate of drug-likeness (QED) is 0.903. The van der Waals surface area contributed by atoms with Gasteiger partial charge in [-0.3, -0.25) is 4.79 Å². The van der Waals surface area contributed by atoms with Crippen molar-refractivity contribution in [2.45, 2.75) is 24.5 Å². The van der Waals surface area contributed by atoms with Gasteiger partial charge in [0.2, 0.25) is 0 Å². The predicted octanol–water partition coefficient (Wildman–Crippen LogP) is 3.18. The van der Waals surface area contributed by atoms with Crippen LogP contribution in [-0.4, -0.2) is 28.4 Å². The number of carbonyl (C=O) groups excluding carboxylic acids is 1. The second-order valence-corrected chi connectivity index (χ2v) is 6.39. The number of benzene rings is 1. The first kappa shape index (κ1) is 12.6. The van der Waals surface area contributed by atoms with Gasteiger partial charge in [0.25, 0.3) is 5.91 Å². The fourth-order valence-electron chi connectivity index (χ4n) is 2.47. The lowest BCUT2D eigenvalue weighted by molar-refractivity contribution is 0.0953. The summed E-state index contributed by atoms with van der Waals surface area (Å²) in [5, 5.41) is 4.73. The van der Waals surface area contributed by atoms with Crippen molar-refractivity contribution in [3.63, 3.8) is 0 Å². The maximum Gasteiger partial charge on any atom is 0.251 e. The van der Waals surface area contributed by atoms with Gasteiger partial charge in [0.15, 0.2) is 0 Å². The van der Waals surface area contributed by atoms with Crippen molar-refractivity contribution in [3.8, 4) is 0 Å². The maximum atomic E-state index is 12.1. The minimum atomic E-state index is 0.0364. The van der Waals surface area contributed by atoms with Crippen LogP contribution in [0.4, 0.5) is 0 Å². The monoisotopic (exact) mass is 274 g/mol. The highest BCUT2D eigenvalue weighted by Gasteiger charge is 2.15. The number of hydrogen-bond acceptors (Lipinski definition) is 2.